The van der Waals surface area contributed by atoms with Gasteiger partial charge in [-0.15, -0.1) is 0 Å². The topological polar surface area (TPSA) is 6.48 Å². The Kier molecular flexibility index (Phi) is 8.33. The second-order valence-corrected chi connectivity index (χ2v) is 24.0. The number of hydrogen-bond donors (Lipinski definition) is 0. The minimum Gasteiger partial charge on any atom is -0.310 e. The van der Waals surface area contributed by atoms with Gasteiger partial charge in [0.15, 0.2) is 0 Å². The van der Waals surface area contributed by atoms with Crippen molar-refractivity contribution in [1.29, 1.82) is 0 Å². The first-order valence-corrected chi connectivity index (χ1v) is 25.8. The molecule has 0 amide bonds. The minimum absolute atomic E-state index is 0.132. The fourth-order valence-electron chi connectivity index (χ4n) is 12.0. The van der Waals surface area contributed by atoms with Gasteiger partial charge in [-0.25, -0.2) is 0 Å². The van der Waals surface area contributed by atoms with Crippen LogP contribution in [0, 0.1) is 27.7 Å². The molecule has 3 heteroatoms. The Bertz CT molecular complexity index is 3480. The van der Waals surface area contributed by atoms with Crippen molar-refractivity contribution < 1.29 is 0 Å². The van der Waals surface area contributed by atoms with Crippen LogP contribution < -0.4 is 20.2 Å². The maximum atomic E-state index is 2.63. The summed E-state index contributed by atoms with van der Waals surface area (Å²) < 4.78 is 0. The molecule has 0 N–H and O–H groups in total. The van der Waals surface area contributed by atoms with E-state index in [1.807, 2.05) is 0 Å². The number of anilines is 6. The summed E-state index contributed by atoms with van der Waals surface area (Å²) in [5, 5.41) is 10.6. The molecule has 64 heavy (non-hydrogen) atoms. The summed E-state index contributed by atoms with van der Waals surface area (Å²) in [7, 11) is -2.13. The van der Waals surface area contributed by atoms with Gasteiger partial charge in [0.25, 0.3) is 0 Å². The molecule has 10 aromatic rings. The first kappa shape index (κ1) is 38.7. The highest BCUT2D eigenvalue weighted by atomic mass is 28.3. The third-order valence-corrected chi connectivity index (χ3v) is 18.2. The van der Waals surface area contributed by atoms with Crippen LogP contribution in [0.4, 0.5) is 34.1 Å². The van der Waals surface area contributed by atoms with Gasteiger partial charge in [0.1, 0.15) is 8.07 Å². The average Bonchev–Trinajstić information content (AvgIpc) is 3.65. The molecular formula is C61H52N2Si. The zero-order valence-corrected chi connectivity index (χ0v) is 39.1. The van der Waals surface area contributed by atoms with Crippen molar-refractivity contribution in [3.05, 3.63) is 203 Å². The lowest BCUT2D eigenvalue weighted by Gasteiger charge is -2.33. The first-order chi connectivity index (χ1) is 30.9. The van der Waals surface area contributed by atoms with Gasteiger partial charge in [-0.05, 0) is 170 Å². The third-order valence-electron chi connectivity index (χ3n) is 14.7. The van der Waals surface area contributed by atoms with Crippen molar-refractivity contribution in [2.24, 2.45) is 0 Å². The maximum Gasteiger partial charge on any atom is 0.116 e. The van der Waals surface area contributed by atoms with E-state index in [0.717, 1.165) is 0 Å². The lowest BCUT2D eigenvalue weighted by molar-refractivity contribution is 0.660. The van der Waals surface area contributed by atoms with Gasteiger partial charge < -0.3 is 9.80 Å². The third kappa shape index (κ3) is 5.56. The SMILES string of the molecule is Cc1cc(C)cc(N(c2cc(C)cc(C)c2)c2ccc3ccc4c(N(c5ccc6c(c5)C(C)(C)c5ccccc5-6)c5cccc6c5[Si](C)(C)c5ccccc5-6)ccc5ccc2c3c54)c1. The Hall–Kier alpha value is -6.94. The fourth-order valence-corrected chi connectivity index (χ4v) is 15.4. The van der Waals surface area contributed by atoms with E-state index in [9.17, 15) is 0 Å². The van der Waals surface area contributed by atoms with Gasteiger partial charge in [-0.3, -0.25) is 0 Å². The predicted molar refractivity (Wildman–Crippen MR) is 278 cm³/mol. The Morgan fingerprint density at radius 1 is 0.391 bits per heavy atom. The van der Waals surface area contributed by atoms with E-state index in [2.05, 4.69) is 234 Å². The summed E-state index contributed by atoms with van der Waals surface area (Å²) in [6.45, 7) is 18.7. The zero-order valence-electron chi connectivity index (χ0n) is 38.1. The van der Waals surface area contributed by atoms with Crippen LogP contribution in [0.15, 0.2) is 170 Å². The van der Waals surface area contributed by atoms with Gasteiger partial charge in [0.2, 0.25) is 0 Å². The summed E-state index contributed by atoms with van der Waals surface area (Å²) >= 11 is 0. The molecule has 10 aromatic carbocycles. The first-order valence-electron chi connectivity index (χ1n) is 22.8. The zero-order chi connectivity index (χ0) is 43.8. The summed E-state index contributed by atoms with van der Waals surface area (Å²) in [6.07, 6.45) is 0. The molecule has 0 fully saturated rings. The van der Waals surface area contributed by atoms with E-state index in [4.69, 9.17) is 0 Å². The fraction of sp³-hybridized carbons (Fsp3) is 0.148. The Balaban J connectivity index is 1.14. The lowest BCUT2D eigenvalue weighted by Crippen LogP contribution is -2.50. The second kappa shape index (κ2) is 13.8. The molecule has 0 bridgehead atoms. The molecular weight excluding hydrogens is 789 g/mol. The highest BCUT2D eigenvalue weighted by Gasteiger charge is 2.41. The highest BCUT2D eigenvalue weighted by molar-refractivity contribution is 7.04. The van der Waals surface area contributed by atoms with Crippen molar-refractivity contribution in [3.63, 3.8) is 0 Å². The molecule has 1 heterocycles. The molecule has 2 nitrogen and oxygen atoms in total. The van der Waals surface area contributed by atoms with Crippen LogP contribution in [0.3, 0.4) is 0 Å². The molecule has 0 saturated carbocycles. The van der Waals surface area contributed by atoms with E-state index in [1.54, 1.807) is 0 Å². The molecule has 310 valence electrons. The number of hydrogen-bond acceptors (Lipinski definition) is 2. The molecule has 1 aliphatic heterocycles. The van der Waals surface area contributed by atoms with Crippen molar-refractivity contribution in [1.82, 2.24) is 0 Å². The van der Waals surface area contributed by atoms with Crippen molar-refractivity contribution in [3.8, 4) is 22.3 Å². The maximum absolute atomic E-state index is 2.63. The van der Waals surface area contributed by atoms with Crippen LogP contribution in [-0.4, -0.2) is 8.07 Å². The highest BCUT2D eigenvalue weighted by Crippen LogP contribution is 2.53. The molecule has 0 radical (unpaired) electrons. The van der Waals surface area contributed by atoms with Crippen LogP contribution in [0.2, 0.25) is 13.1 Å². The predicted octanol–water partition coefficient (Wildman–Crippen LogP) is 15.9. The van der Waals surface area contributed by atoms with E-state index >= 15 is 0 Å². The largest absolute Gasteiger partial charge is 0.310 e. The summed E-state index contributed by atoms with van der Waals surface area (Å²) in [4.78, 5) is 5.12. The molecule has 0 unspecified atom stereocenters. The Labute approximate surface area is 378 Å². The molecule has 0 aromatic heterocycles. The van der Waals surface area contributed by atoms with Gasteiger partial charge in [-0.1, -0.05) is 142 Å². The minimum atomic E-state index is -2.13. The van der Waals surface area contributed by atoms with E-state index < -0.39 is 8.07 Å². The normalized spacial score (nSPS) is 14.2. The van der Waals surface area contributed by atoms with Crippen molar-refractivity contribution in [2.45, 2.75) is 60.1 Å². The van der Waals surface area contributed by atoms with Gasteiger partial charge in [0.05, 0.1) is 11.4 Å². The van der Waals surface area contributed by atoms with Crippen LogP contribution in [0.1, 0.15) is 47.2 Å². The average molecular weight is 841 g/mol. The van der Waals surface area contributed by atoms with Gasteiger partial charge in [-0.2, -0.15) is 0 Å². The van der Waals surface area contributed by atoms with E-state index in [0.29, 0.717) is 0 Å². The van der Waals surface area contributed by atoms with Crippen LogP contribution in [0.25, 0.3) is 54.6 Å². The number of aryl methyl sites for hydroxylation is 4. The molecule has 0 saturated heterocycles. The number of benzene rings is 10. The van der Waals surface area contributed by atoms with E-state index in [-0.39, 0.29) is 5.41 Å². The van der Waals surface area contributed by atoms with Crippen LogP contribution in [-0.2, 0) is 5.41 Å². The lowest BCUT2D eigenvalue weighted by atomic mass is 9.82. The Morgan fingerprint density at radius 3 is 1.53 bits per heavy atom. The van der Waals surface area contributed by atoms with Crippen LogP contribution >= 0.6 is 0 Å². The van der Waals surface area contributed by atoms with Crippen molar-refractivity contribution in [2.75, 3.05) is 9.80 Å². The molecule has 12 rings (SSSR count). The second-order valence-electron chi connectivity index (χ2n) is 19.7. The monoisotopic (exact) mass is 840 g/mol. The number of fused-ring (bicyclic) bond motifs is 6. The number of rotatable bonds is 6. The quantitative estimate of drug-likeness (QED) is 0.122. The molecule has 0 spiro atoms. The van der Waals surface area contributed by atoms with E-state index in [1.165, 1.54) is 132 Å². The standard InChI is InChI=1S/C61H52N2Si/c1-37-30-38(2)33-44(32-37)62(45-34-39(3)31-40(4)35-45)54-28-22-41-21-26-51-55(29-23-42-20-25-50(54)58(41)59(42)51)63(43-24-27-47-46-14-9-11-17-52(46)61(5,6)53(47)36-43)56-18-13-16-49-48-15-10-12-19-57(48)64(7,8)60(49)56/h9-36H,1-8H3. The Morgan fingerprint density at radius 2 is 0.906 bits per heavy atom. The van der Waals surface area contributed by atoms with Gasteiger partial charge >= 0.3 is 0 Å². The molecule has 2 aliphatic rings. The number of nitrogens with zero attached hydrogens (tertiary/aromatic N) is 2. The van der Waals surface area contributed by atoms with Gasteiger partial charge in [0, 0.05) is 38.9 Å². The summed E-state index contributed by atoms with van der Waals surface area (Å²) in [6, 6.07) is 65.3. The van der Waals surface area contributed by atoms with Crippen molar-refractivity contribution >= 4 is 84.9 Å². The van der Waals surface area contributed by atoms with Crippen LogP contribution in [0.5, 0.6) is 0 Å². The molecule has 0 atom stereocenters. The summed E-state index contributed by atoms with van der Waals surface area (Å²) in [5.74, 6) is 0. The summed E-state index contributed by atoms with van der Waals surface area (Å²) in [5.41, 5.74) is 20.3. The molecule has 1 aliphatic carbocycles. The smallest absolute Gasteiger partial charge is 0.116 e.